The van der Waals surface area contributed by atoms with Gasteiger partial charge in [0.05, 0.1) is 10.6 Å². The van der Waals surface area contributed by atoms with Crippen LogP contribution in [0.3, 0.4) is 0 Å². The van der Waals surface area contributed by atoms with E-state index in [1.807, 2.05) is 30.3 Å². The fourth-order valence-corrected chi connectivity index (χ4v) is 1.75. The normalized spacial score (nSPS) is 10.4. The first-order valence-electron chi connectivity index (χ1n) is 4.17. The van der Waals surface area contributed by atoms with Crippen LogP contribution in [0.25, 0.3) is 10.8 Å². The molecular formula is C11H8ClNO. The van der Waals surface area contributed by atoms with Gasteiger partial charge in [-0.2, -0.15) is 0 Å². The van der Waals surface area contributed by atoms with Crippen molar-refractivity contribution in [1.29, 1.82) is 0 Å². The summed E-state index contributed by atoms with van der Waals surface area (Å²) < 4.78 is 0. The molecule has 0 fully saturated rings. The van der Waals surface area contributed by atoms with E-state index in [1.54, 1.807) is 6.07 Å². The summed E-state index contributed by atoms with van der Waals surface area (Å²) in [7, 11) is 0. The Morgan fingerprint density at radius 3 is 2.57 bits per heavy atom. The van der Waals surface area contributed by atoms with Gasteiger partial charge in [0, 0.05) is 5.39 Å². The van der Waals surface area contributed by atoms with Crippen molar-refractivity contribution in [3.63, 3.8) is 0 Å². The molecule has 14 heavy (non-hydrogen) atoms. The Hall–Kier alpha value is -1.54. The van der Waals surface area contributed by atoms with Crippen LogP contribution in [-0.4, -0.2) is 5.91 Å². The molecule has 0 atom stereocenters. The van der Waals surface area contributed by atoms with Crippen molar-refractivity contribution in [3.8, 4) is 0 Å². The van der Waals surface area contributed by atoms with Gasteiger partial charge < -0.3 is 5.73 Å². The average molecular weight is 206 g/mol. The second kappa shape index (κ2) is 3.31. The lowest BCUT2D eigenvalue weighted by Crippen LogP contribution is -2.11. The molecule has 0 heterocycles. The third-order valence-corrected chi connectivity index (χ3v) is 2.54. The minimum Gasteiger partial charge on any atom is -0.366 e. The Balaban J connectivity index is 2.81. The van der Waals surface area contributed by atoms with E-state index in [1.165, 1.54) is 0 Å². The largest absolute Gasteiger partial charge is 0.366 e. The van der Waals surface area contributed by atoms with Gasteiger partial charge in [-0.15, -0.1) is 0 Å². The maximum Gasteiger partial charge on any atom is 0.250 e. The summed E-state index contributed by atoms with van der Waals surface area (Å²) in [4.78, 5) is 11.0. The molecule has 0 aromatic heterocycles. The lowest BCUT2D eigenvalue weighted by atomic mass is 10.1. The molecule has 0 unspecified atom stereocenters. The molecule has 0 aliphatic rings. The molecule has 0 aliphatic carbocycles. The topological polar surface area (TPSA) is 43.1 Å². The highest BCUT2D eigenvalue weighted by atomic mass is 35.5. The quantitative estimate of drug-likeness (QED) is 0.764. The van der Waals surface area contributed by atoms with Crippen LogP contribution in [0.2, 0.25) is 5.02 Å². The first kappa shape index (κ1) is 9.03. The van der Waals surface area contributed by atoms with Crippen LogP contribution in [0.5, 0.6) is 0 Å². The van der Waals surface area contributed by atoms with E-state index in [2.05, 4.69) is 0 Å². The lowest BCUT2D eigenvalue weighted by Gasteiger charge is -2.03. The fraction of sp³-hybridized carbons (Fsp3) is 0. The van der Waals surface area contributed by atoms with Crippen LogP contribution in [0.4, 0.5) is 0 Å². The Morgan fingerprint density at radius 2 is 1.86 bits per heavy atom. The number of nitrogens with two attached hydrogens (primary N) is 1. The van der Waals surface area contributed by atoms with Crippen LogP contribution >= 0.6 is 11.6 Å². The summed E-state index contributed by atoms with van der Waals surface area (Å²) >= 11 is 6.04. The van der Waals surface area contributed by atoms with Gasteiger partial charge >= 0.3 is 0 Å². The number of halogens is 1. The maximum absolute atomic E-state index is 11.0. The van der Waals surface area contributed by atoms with Crippen LogP contribution in [0, 0.1) is 0 Å². The van der Waals surface area contributed by atoms with E-state index in [4.69, 9.17) is 17.3 Å². The number of carbonyl (C=O) groups excluding carboxylic acids is 1. The molecule has 2 nitrogen and oxygen atoms in total. The van der Waals surface area contributed by atoms with E-state index in [9.17, 15) is 4.79 Å². The number of amides is 1. The van der Waals surface area contributed by atoms with Crippen molar-refractivity contribution in [2.45, 2.75) is 0 Å². The van der Waals surface area contributed by atoms with Gasteiger partial charge in [0.15, 0.2) is 0 Å². The van der Waals surface area contributed by atoms with Crippen LogP contribution in [-0.2, 0) is 0 Å². The first-order chi connectivity index (χ1) is 6.70. The number of benzene rings is 2. The minimum absolute atomic E-state index is 0.366. The van der Waals surface area contributed by atoms with Crippen LogP contribution < -0.4 is 5.73 Å². The first-order valence-corrected chi connectivity index (χ1v) is 4.55. The summed E-state index contributed by atoms with van der Waals surface area (Å²) in [5.74, 6) is -0.499. The zero-order chi connectivity index (χ0) is 10.1. The summed E-state index contributed by atoms with van der Waals surface area (Å²) in [6.45, 7) is 0. The molecule has 2 rings (SSSR count). The SMILES string of the molecule is NC(=O)c1ccc2ccccc2c1Cl. The van der Waals surface area contributed by atoms with Crippen LogP contribution in [0.1, 0.15) is 10.4 Å². The molecule has 0 bridgehead atoms. The molecule has 0 spiro atoms. The molecule has 0 saturated heterocycles. The lowest BCUT2D eigenvalue weighted by molar-refractivity contribution is 0.100. The van der Waals surface area contributed by atoms with Crippen molar-refractivity contribution < 1.29 is 4.79 Å². The van der Waals surface area contributed by atoms with Gasteiger partial charge in [-0.05, 0) is 11.5 Å². The summed E-state index contributed by atoms with van der Waals surface area (Å²) in [5, 5.41) is 2.28. The highest BCUT2D eigenvalue weighted by Gasteiger charge is 2.08. The number of primary amides is 1. The second-order valence-corrected chi connectivity index (χ2v) is 3.39. The molecule has 2 aromatic rings. The number of hydrogen-bond acceptors (Lipinski definition) is 1. The molecule has 1 amide bonds. The van der Waals surface area contributed by atoms with E-state index < -0.39 is 5.91 Å². The zero-order valence-electron chi connectivity index (χ0n) is 7.33. The van der Waals surface area contributed by atoms with E-state index in [0.717, 1.165) is 10.8 Å². The summed E-state index contributed by atoms with van der Waals surface area (Å²) in [6.07, 6.45) is 0. The van der Waals surface area contributed by atoms with Gasteiger partial charge in [0.25, 0.3) is 0 Å². The molecule has 0 radical (unpaired) electrons. The van der Waals surface area contributed by atoms with Crippen molar-refractivity contribution in [3.05, 3.63) is 47.0 Å². The second-order valence-electron chi connectivity index (χ2n) is 3.01. The smallest absolute Gasteiger partial charge is 0.250 e. The predicted molar refractivity (Wildman–Crippen MR) is 57.5 cm³/mol. The number of fused-ring (bicyclic) bond motifs is 1. The predicted octanol–water partition coefficient (Wildman–Crippen LogP) is 2.59. The van der Waals surface area contributed by atoms with Crippen molar-refractivity contribution in [2.75, 3.05) is 0 Å². The molecule has 3 heteroatoms. The highest BCUT2D eigenvalue weighted by Crippen LogP contribution is 2.26. The third kappa shape index (κ3) is 1.34. The minimum atomic E-state index is -0.499. The van der Waals surface area contributed by atoms with Gasteiger partial charge in [0.2, 0.25) is 5.91 Å². The molecule has 0 aliphatic heterocycles. The Kier molecular flexibility index (Phi) is 2.14. The number of rotatable bonds is 1. The van der Waals surface area contributed by atoms with Crippen molar-refractivity contribution >= 4 is 28.3 Å². The Morgan fingerprint density at radius 1 is 1.14 bits per heavy atom. The van der Waals surface area contributed by atoms with Gasteiger partial charge in [-0.1, -0.05) is 41.9 Å². The summed E-state index contributed by atoms with van der Waals surface area (Å²) in [6, 6.07) is 11.1. The molecule has 2 aromatic carbocycles. The third-order valence-electron chi connectivity index (χ3n) is 2.13. The van der Waals surface area contributed by atoms with E-state index in [0.29, 0.717) is 10.6 Å². The maximum atomic E-state index is 11.0. The molecular weight excluding hydrogens is 198 g/mol. The molecule has 0 saturated carbocycles. The fourth-order valence-electron chi connectivity index (χ4n) is 1.42. The van der Waals surface area contributed by atoms with E-state index >= 15 is 0 Å². The highest BCUT2D eigenvalue weighted by molar-refractivity contribution is 6.38. The van der Waals surface area contributed by atoms with E-state index in [-0.39, 0.29) is 0 Å². The Bertz CT molecular complexity index is 508. The average Bonchev–Trinajstić information content (AvgIpc) is 2.18. The summed E-state index contributed by atoms with van der Waals surface area (Å²) in [5.41, 5.74) is 5.55. The zero-order valence-corrected chi connectivity index (χ0v) is 8.08. The van der Waals surface area contributed by atoms with Gasteiger partial charge in [0.1, 0.15) is 0 Å². The van der Waals surface area contributed by atoms with Crippen molar-refractivity contribution in [2.24, 2.45) is 5.73 Å². The van der Waals surface area contributed by atoms with Crippen LogP contribution in [0.15, 0.2) is 36.4 Å². The number of hydrogen-bond donors (Lipinski definition) is 1. The number of carbonyl (C=O) groups is 1. The molecule has 2 N–H and O–H groups in total. The molecule has 70 valence electrons. The Labute approximate surface area is 86.3 Å². The standard InChI is InChI=1S/C11H8ClNO/c12-10-8-4-2-1-3-7(8)5-6-9(10)11(13)14/h1-6H,(H2,13,14). The monoisotopic (exact) mass is 205 g/mol. The van der Waals surface area contributed by atoms with Crippen molar-refractivity contribution in [1.82, 2.24) is 0 Å². The van der Waals surface area contributed by atoms with Gasteiger partial charge in [-0.3, -0.25) is 4.79 Å². The van der Waals surface area contributed by atoms with Gasteiger partial charge in [-0.25, -0.2) is 0 Å².